The van der Waals surface area contributed by atoms with E-state index in [0.717, 1.165) is 21.2 Å². The molecule has 2 heterocycles. The summed E-state index contributed by atoms with van der Waals surface area (Å²) in [5.41, 5.74) is 16.0. The minimum Gasteiger partial charge on any atom is -0.460 e. The first kappa shape index (κ1) is 48.2. The highest BCUT2D eigenvalue weighted by atomic mass is 16.6. The van der Waals surface area contributed by atoms with Crippen LogP contribution in [0.5, 0.6) is 0 Å². The molecule has 0 saturated carbocycles. The molecule has 0 spiro atoms. The molecule has 7 amide bonds. The third-order valence-corrected chi connectivity index (χ3v) is 10.0. The number of ether oxygens (including phenoxy) is 2. The molecule has 0 bridgehead atoms. The molecule has 2 aromatic carbocycles. The van der Waals surface area contributed by atoms with E-state index in [9.17, 15) is 38.4 Å². The van der Waals surface area contributed by atoms with Crippen LogP contribution in [0.1, 0.15) is 64.0 Å². The van der Waals surface area contributed by atoms with Crippen molar-refractivity contribution in [3.63, 3.8) is 0 Å². The third-order valence-electron chi connectivity index (χ3n) is 10.0. The van der Waals surface area contributed by atoms with Crippen LogP contribution in [-0.2, 0) is 60.7 Å². The third kappa shape index (κ3) is 14.6. The number of rotatable bonds is 20. The summed E-state index contributed by atoms with van der Waals surface area (Å²) in [6, 6.07) is 11.1. The van der Waals surface area contributed by atoms with E-state index in [2.05, 4.69) is 26.3 Å². The van der Waals surface area contributed by atoms with E-state index in [1.807, 2.05) is 42.5 Å². The van der Waals surface area contributed by atoms with Crippen molar-refractivity contribution in [3.8, 4) is 0 Å². The molecule has 1 fully saturated rings. The van der Waals surface area contributed by atoms with Crippen LogP contribution in [-0.4, -0.2) is 119 Å². The maximum Gasteiger partial charge on any atom is 0.306 e. The Morgan fingerprint density at radius 2 is 1.47 bits per heavy atom. The summed E-state index contributed by atoms with van der Waals surface area (Å²) >= 11 is 0. The molecular weight excluding hydrogens is 803 g/mol. The molecule has 1 aliphatic heterocycles. The number of benzene rings is 2. The van der Waals surface area contributed by atoms with Crippen molar-refractivity contribution < 1.29 is 47.8 Å². The lowest BCUT2D eigenvalue weighted by atomic mass is 9.87. The predicted molar refractivity (Wildman–Crippen MR) is 226 cm³/mol. The number of carbonyl (C=O) groups is 8. The number of likely N-dealkylation sites (N-methyl/N-ethyl adjacent to an activating group) is 1. The number of nitrogens with zero attached hydrogens (tertiary/aromatic N) is 2. The van der Waals surface area contributed by atoms with Crippen LogP contribution >= 0.6 is 0 Å². The fourth-order valence-corrected chi connectivity index (χ4v) is 6.88. The number of hydrogen-bond donors (Lipinski definition) is 7. The van der Waals surface area contributed by atoms with Crippen molar-refractivity contribution >= 4 is 58.1 Å². The molecule has 4 atom stereocenters. The number of primary amides is 2. The van der Waals surface area contributed by atoms with Gasteiger partial charge in [0.25, 0.3) is 0 Å². The molecule has 1 saturated heterocycles. The SMILES string of the molecule is CN(CC(N)=O)C(=O)[C@H](Cc1cccnc1)NC(=O)[C@H](CC(N)=O)NC(=O)[C@H](CCC(=O)OC(C)(C)C)NC(=O)C1(NC(=O)[C@@H](N)Cc2ccc3ccccc3c2)CCOCC1. The number of fused-ring (bicyclic) bond motifs is 1. The summed E-state index contributed by atoms with van der Waals surface area (Å²) in [4.78, 5) is 111. The first-order valence-corrected chi connectivity index (χ1v) is 20.2. The molecule has 19 heteroatoms. The number of pyridine rings is 1. The van der Waals surface area contributed by atoms with Gasteiger partial charge < -0.3 is 52.8 Å². The lowest BCUT2D eigenvalue weighted by Gasteiger charge is -2.38. The monoisotopic (exact) mass is 859 g/mol. The Balaban J connectivity index is 1.57. The van der Waals surface area contributed by atoms with Crippen molar-refractivity contribution in [1.82, 2.24) is 31.2 Å². The average Bonchev–Trinajstić information content (AvgIpc) is 3.20. The lowest BCUT2D eigenvalue weighted by Crippen LogP contribution is -2.66. The van der Waals surface area contributed by atoms with Gasteiger partial charge in [-0.3, -0.25) is 43.3 Å². The first-order chi connectivity index (χ1) is 29.2. The molecule has 3 aromatic rings. The van der Waals surface area contributed by atoms with Gasteiger partial charge in [-0.25, -0.2) is 0 Å². The van der Waals surface area contributed by atoms with Crippen LogP contribution in [0.4, 0.5) is 0 Å². The second-order valence-corrected chi connectivity index (χ2v) is 16.3. The van der Waals surface area contributed by atoms with E-state index in [0.29, 0.717) is 5.56 Å². The van der Waals surface area contributed by atoms with Crippen LogP contribution < -0.4 is 38.5 Å². The van der Waals surface area contributed by atoms with Crippen LogP contribution in [0, 0.1) is 0 Å². The van der Waals surface area contributed by atoms with Crippen molar-refractivity contribution in [2.45, 2.75) is 101 Å². The second-order valence-electron chi connectivity index (χ2n) is 16.3. The summed E-state index contributed by atoms with van der Waals surface area (Å²) in [5, 5.41) is 12.4. The Hall–Kier alpha value is -6.47. The minimum absolute atomic E-state index is 0.0108. The van der Waals surface area contributed by atoms with Crippen molar-refractivity contribution in [2.75, 3.05) is 26.8 Å². The largest absolute Gasteiger partial charge is 0.460 e. The Bertz CT molecular complexity index is 2100. The van der Waals surface area contributed by atoms with Crippen LogP contribution in [0.25, 0.3) is 10.8 Å². The number of aromatic nitrogens is 1. The molecule has 0 unspecified atom stereocenters. The summed E-state index contributed by atoms with van der Waals surface area (Å²) < 4.78 is 10.9. The summed E-state index contributed by atoms with van der Waals surface area (Å²) in [6.45, 7) is 4.66. The first-order valence-electron chi connectivity index (χ1n) is 20.2. The molecule has 1 aromatic heterocycles. The van der Waals surface area contributed by atoms with Crippen LogP contribution in [0.15, 0.2) is 67.0 Å². The smallest absolute Gasteiger partial charge is 0.306 e. The number of nitrogens with one attached hydrogen (secondary N) is 4. The van der Waals surface area contributed by atoms with E-state index in [-0.39, 0.29) is 51.7 Å². The maximum absolute atomic E-state index is 14.4. The molecule has 62 heavy (non-hydrogen) atoms. The zero-order chi connectivity index (χ0) is 45.6. The maximum atomic E-state index is 14.4. The van der Waals surface area contributed by atoms with E-state index in [1.165, 1.54) is 19.4 Å². The van der Waals surface area contributed by atoms with Gasteiger partial charge in [-0.1, -0.05) is 48.5 Å². The molecule has 1 aliphatic rings. The fourth-order valence-electron chi connectivity index (χ4n) is 6.88. The topological polar surface area (TPSA) is 297 Å². The Labute approximate surface area is 359 Å². The van der Waals surface area contributed by atoms with Crippen molar-refractivity contribution in [2.24, 2.45) is 17.2 Å². The zero-order valence-corrected chi connectivity index (χ0v) is 35.4. The number of hydrogen-bond acceptors (Lipinski definition) is 12. The molecule has 4 rings (SSSR count). The standard InChI is InChI=1S/C43H57N9O10/c1-42(2,3)62-36(55)14-13-31(38(57)48-32(23-34(45)53)39(58)49-33(22-27-8-7-17-47-24-27)40(59)52(4)25-35(46)54)50-41(60)43(15-18-61-19-16-43)51-37(56)30(44)21-26-11-12-28-9-5-6-10-29(28)20-26/h5-12,17,20,24,30-33H,13-16,18-19,21-23,25,44H2,1-4H3,(H2,45,53)(H2,46,54)(H,48,57)(H,49,58)(H,50,60)(H,51,56)/t30-,31-,32-,33-/m0/s1. The van der Waals surface area contributed by atoms with Gasteiger partial charge in [0.2, 0.25) is 41.4 Å². The van der Waals surface area contributed by atoms with Gasteiger partial charge in [0.05, 0.1) is 19.0 Å². The highest BCUT2D eigenvalue weighted by Gasteiger charge is 2.44. The van der Waals surface area contributed by atoms with Gasteiger partial charge in [0, 0.05) is 58.3 Å². The van der Waals surface area contributed by atoms with Gasteiger partial charge in [0.1, 0.15) is 29.3 Å². The average molecular weight is 860 g/mol. The molecule has 0 aliphatic carbocycles. The predicted octanol–water partition coefficient (Wildman–Crippen LogP) is -0.592. The van der Waals surface area contributed by atoms with Gasteiger partial charge in [-0.05, 0) is 61.6 Å². The normalized spacial score (nSPS) is 15.4. The van der Waals surface area contributed by atoms with Crippen molar-refractivity contribution in [1.29, 1.82) is 0 Å². The molecule has 0 radical (unpaired) electrons. The Morgan fingerprint density at radius 3 is 2.10 bits per heavy atom. The quantitative estimate of drug-likeness (QED) is 0.0702. The van der Waals surface area contributed by atoms with E-state index >= 15 is 0 Å². The lowest BCUT2D eigenvalue weighted by molar-refractivity contribution is -0.155. The summed E-state index contributed by atoms with van der Waals surface area (Å²) in [5.74, 6) is -6.62. The van der Waals surface area contributed by atoms with E-state index in [4.69, 9.17) is 26.7 Å². The van der Waals surface area contributed by atoms with Gasteiger partial charge in [-0.2, -0.15) is 0 Å². The molecule has 19 nitrogen and oxygen atoms in total. The number of esters is 1. The van der Waals surface area contributed by atoms with Crippen LogP contribution in [0.3, 0.4) is 0 Å². The minimum atomic E-state index is -1.68. The molecular formula is C43H57N9O10. The number of nitrogens with two attached hydrogens (primary N) is 3. The number of carbonyl (C=O) groups excluding carboxylic acids is 8. The second kappa shape index (κ2) is 21.9. The zero-order valence-electron chi connectivity index (χ0n) is 35.4. The van der Waals surface area contributed by atoms with Crippen LogP contribution in [0.2, 0.25) is 0 Å². The highest BCUT2D eigenvalue weighted by molar-refractivity contribution is 5.99. The summed E-state index contributed by atoms with van der Waals surface area (Å²) in [6.07, 6.45) is 1.62. The van der Waals surface area contributed by atoms with Gasteiger partial charge in [0.15, 0.2) is 0 Å². The number of amides is 7. The Morgan fingerprint density at radius 1 is 0.806 bits per heavy atom. The highest BCUT2D eigenvalue weighted by Crippen LogP contribution is 2.23. The van der Waals surface area contributed by atoms with Gasteiger partial charge in [-0.15, -0.1) is 0 Å². The summed E-state index contributed by atoms with van der Waals surface area (Å²) in [7, 11) is 1.31. The fraction of sp³-hybridized carbons (Fsp3) is 0.465. The molecule has 334 valence electrons. The van der Waals surface area contributed by atoms with E-state index < -0.39 is 95.6 Å². The molecule has 10 N–H and O–H groups in total. The van der Waals surface area contributed by atoms with Gasteiger partial charge >= 0.3 is 5.97 Å². The Kier molecular flexibility index (Phi) is 17.0. The van der Waals surface area contributed by atoms with E-state index in [1.54, 1.807) is 32.9 Å². The van der Waals surface area contributed by atoms with Crippen molar-refractivity contribution in [3.05, 3.63) is 78.1 Å².